The minimum atomic E-state index is -0.176. The summed E-state index contributed by atoms with van der Waals surface area (Å²) in [5.74, 6) is 0. The van der Waals surface area contributed by atoms with Crippen LogP contribution in [0.15, 0.2) is 24.3 Å². The van der Waals surface area contributed by atoms with E-state index in [4.69, 9.17) is 5.11 Å². The van der Waals surface area contributed by atoms with Gasteiger partial charge >= 0.3 is 6.03 Å². The van der Waals surface area contributed by atoms with Gasteiger partial charge in [-0.25, -0.2) is 4.79 Å². The van der Waals surface area contributed by atoms with Gasteiger partial charge in [0.2, 0.25) is 0 Å². The molecule has 0 aliphatic carbocycles. The molecule has 0 aliphatic heterocycles. The zero-order valence-corrected chi connectivity index (χ0v) is 9.66. The van der Waals surface area contributed by atoms with E-state index in [1.54, 1.807) is 0 Å². The molecule has 88 valence electrons. The third-order valence-electron chi connectivity index (χ3n) is 2.05. The third-order valence-corrected chi connectivity index (χ3v) is 2.05. The number of carbonyl (C=O) groups is 1. The molecule has 0 fully saturated rings. The molecule has 0 heterocycles. The van der Waals surface area contributed by atoms with Gasteiger partial charge in [0.15, 0.2) is 0 Å². The summed E-state index contributed by atoms with van der Waals surface area (Å²) in [6.07, 6.45) is 0. The van der Waals surface area contributed by atoms with Crippen molar-refractivity contribution >= 4 is 6.03 Å². The minimum Gasteiger partial charge on any atom is -0.392 e. The van der Waals surface area contributed by atoms with Crippen LogP contribution in [0, 0.1) is 0 Å². The van der Waals surface area contributed by atoms with Crippen molar-refractivity contribution in [1.29, 1.82) is 0 Å². The molecule has 2 amide bonds. The number of aliphatic hydroxyl groups is 1. The molecule has 0 bridgehead atoms. The average Bonchev–Trinajstić information content (AvgIpc) is 2.26. The lowest BCUT2D eigenvalue weighted by atomic mass is 10.1. The van der Waals surface area contributed by atoms with Gasteiger partial charge < -0.3 is 15.7 Å². The molecule has 1 rings (SSSR count). The molecule has 0 aliphatic rings. The topological polar surface area (TPSA) is 61.4 Å². The van der Waals surface area contributed by atoms with E-state index in [2.05, 4.69) is 10.6 Å². The predicted molar refractivity (Wildman–Crippen MR) is 62.9 cm³/mol. The summed E-state index contributed by atoms with van der Waals surface area (Å²) in [7, 11) is 0. The first-order valence-electron chi connectivity index (χ1n) is 5.35. The average molecular weight is 222 g/mol. The van der Waals surface area contributed by atoms with Crippen molar-refractivity contribution in [2.45, 2.75) is 33.0 Å². The first kappa shape index (κ1) is 12.5. The second-order valence-electron chi connectivity index (χ2n) is 3.96. The Balaban J connectivity index is 2.45. The molecule has 3 N–H and O–H groups in total. The van der Waals surface area contributed by atoms with Gasteiger partial charge in [0, 0.05) is 12.6 Å². The van der Waals surface area contributed by atoms with E-state index in [-0.39, 0.29) is 18.7 Å². The smallest absolute Gasteiger partial charge is 0.315 e. The second-order valence-corrected chi connectivity index (χ2v) is 3.96. The number of hydrogen-bond donors (Lipinski definition) is 3. The maximum Gasteiger partial charge on any atom is 0.315 e. The fourth-order valence-electron chi connectivity index (χ4n) is 1.33. The number of aliphatic hydroxyl groups excluding tert-OH is 1. The quantitative estimate of drug-likeness (QED) is 0.721. The van der Waals surface area contributed by atoms with Crippen LogP contribution in [0.25, 0.3) is 0 Å². The van der Waals surface area contributed by atoms with E-state index in [9.17, 15) is 4.79 Å². The lowest BCUT2D eigenvalue weighted by Gasteiger charge is -2.10. The number of hydrogen-bond acceptors (Lipinski definition) is 2. The Bertz CT molecular complexity index is 351. The van der Waals surface area contributed by atoms with Crippen molar-refractivity contribution in [2.24, 2.45) is 0 Å². The number of urea groups is 1. The van der Waals surface area contributed by atoms with Crippen molar-refractivity contribution in [3.8, 4) is 0 Å². The molecule has 1 aromatic rings. The summed E-state index contributed by atoms with van der Waals surface area (Å²) in [6.45, 7) is 4.30. The van der Waals surface area contributed by atoms with Crippen LogP contribution in [0.3, 0.4) is 0 Å². The zero-order chi connectivity index (χ0) is 12.0. The fourth-order valence-corrected chi connectivity index (χ4v) is 1.33. The number of amides is 2. The SMILES string of the molecule is CC(C)NC(=O)NCc1cccc(CO)c1. The lowest BCUT2D eigenvalue weighted by molar-refractivity contribution is 0.238. The highest BCUT2D eigenvalue weighted by Gasteiger charge is 2.02. The Morgan fingerprint density at radius 3 is 2.69 bits per heavy atom. The molecule has 0 unspecified atom stereocenters. The van der Waals surface area contributed by atoms with E-state index in [0.29, 0.717) is 6.54 Å². The van der Waals surface area contributed by atoms with Crippen LogP contribution in [0.4, 0.5) is 4.79 Å². The molecule has 0 saturated heterocycles. The van der Waals surface area contributed by atoms with E-state index >= 15 is 0 Å². The highest BCUT2D eigenvalue weighted by atomic mass is 16.3. The van der Waals surface area contributed by atoms with E-state index < -0.39 is 0 Å². The number of nitrogens with one attached hydrogen (secondary N) is 2. The van der Waals surface area contributed by atoms with Gasteiger partial charge in [0.25, 0.3) is 0 Å². The molecular weight excluding hydrogens is 204 g/mol. The molecule has 0 saturated carbocycles. The molecule has 0 spiro atoms. The van der Waals surface area contributed by atoms with Gasteiger partial charge in [-0.2, -0.15) is 0 Å². The van der Waals surface area contributed by atoms with Crippen LogP contribution >= 0.6 is 0 Å². The lowest BCUT2D eigenvalue weighted by Crippen LogP contribution is -2.39. The van der Waals surface area contributed by atoms with E-state index in [1.165, 1.54) is 0 Å². The summed E-state index contributed by atoms with van der Waals surface area (Å²) in [4.78, 5) is 11.3. The maximum absolute atomic E-state index is 11.3. The van der Waals surface area contributed by atoms with Crippen LogP contribution in [0.1, 0.15) is 25.0 Å². The van der Waals surface area contributed by atoms with Gasteiger partial charge in [0.1, 0.15) is 0 Å². The Morgan fingerprint density at radius 2 is 2.06 bits per heavy atom. The molecule has 16 heavy (non-hydrogen) atoms. The van der Waals surface area contributed by atoms with Crippen LogP contribution in [-0.4, -0.2) is 17.2 Å². The summed E-state index contributed by atoms with van der Waals surface area (Å²) in [6, 6.07) is 7.44. The molecule has 0 radical (unpaired) electrons. The van der Waals surface area contributed by atoms with Gasteiger partial charge in [-0.3, -0.25) is 0 Å². The molecule has 0 aromatic heterocycles. The fraction of sp³-hybridized carbons (Fsp3) is 0.417. The van der Waals surface area contributed by atoms with Crippen LogP contribution in [-0.2, 0) is 13.2 Å². The highest BCUT2D eigenvalue weighted by Crippen LogP contribution is 2.04. The molecule has 1 aromatic carbocycles. The van der Waals surface area contributed by atoms with Crippen molar-refractivity contribution in [3.05, 3.63) is 35.4 Å². The van der Waals surface area contributed by atoms with Gasteiger partial charge in [-0.1, -0.05) is 24.3 Å². The first-order chi connectivity index (χ1) is 7.61. The zero-order valence-electron chi connectivity index (χ0n) is 9.66. The normalized spacial score (nSPS) is 10.2. The monoisotopic (exact) mass is 222 g/mol. The molecule has 4 heteroatoms. The van der Waals surface area contributed by atoms with Gasteiger partial charge in [0.05, 0.1) is 6.61 Å². The summed E-state index contributed by atoms with van der Waals surface area (Å²) in [5.41, 5.74) is 1.83. The van der Waals surface area contributed by atoms with Crippen LogP contribution in [0.5, 0.6) is 0 Å². The maximum atomic E-state index is 11.3. The molecular formula is C12H18N2O2. The second kappa shape index (κ2) is 6.12. The summed E-state index contributed by atoms with van der Waals surface area (Å²) >= 11 is 0. The standard InChI is InChI=1S/C12H18N2O2/c1-9(2)14-12(16)13-7-10-4-3-5-11(6-10)8-15/h3-6,9,15H,7-8H2,1-2H3,(H2,13,14,16). The highest BCUT2D eigenvalue weighted by molar-refractivity contribution is 5.74. The van der Waals surface area contributed by atoms with E-state index in [1.807, 2.05) is 38.1 Å². The van der Waals surface area contributed by atoms with Crippen LogP contribution in [0.2, 0.25) is 0 Å². The summed E-state index contributed by atoms with van der Waals surface area (Å²) in [5, 5.41) is 14.5. The van der Waals surface area contributed by atoms with Crippen LogP contribution < -0.4 is 10.6 Å². The first-order valence-corrected chi connectivity index (χ1v) is 5.35. The number of rotatable bonds is 4. The predicted octanol–water partition coefficient (Wildman–Crippen LogP) is 1.39. The third kappa shape index (κ3) is 4.31. The van der Waals surface area contributed by atoms with Gasteiger partial charge in [-0.05, 0) is 25.0 Å². The Hall–Kier alpha value is -1.55. The minimum absolute atomic E-state index is 0.0199. The van der Waals surface area contributed by atoms with Gasteiger partial charge in [-0.15, -0.1) is 0 Å². The van der Waals surface area contributed by atoms with Crippen molar-refractivity contribution < 1.29 is 9.90 Å². The molecule has 0 atom stereocenters. The Kier molecular flexibility index (Phi) is 4.79. The van der Waals surface area contributed by atoms with Crippen molar-refractivity contribution in [1.82, 2.24) is 10.6 Å². The largest absolute Gasteiger partial charge is 0.392 e. The Morgan fingerprint density at radius 1 is 1.38 bits per heavy atom. The molecule has 4 nitrogen and oxygen atoms in total. The van der Waals surface area contributed by atoms with Crippen molar-refractivity contribution in [2.75, 3.05) is 0 Å². The Labute approximate surface area is 95.7 Å². The summed E-state index contributed by atoms with van der Waals surface area (Å²) < 4.78 is 0. The number of carbonyl (C=O) groups excluding carboxylic acids is 1. The van der Waals surface area contributed by atoms with E-state index in [0.717, 1.165) is 11.1 Å². The van der Waals surface area contributed by atoms with Crippen molar-refractivity contribution in [3.63, 3.8) is 0 Å². The number of benzene rings is 1.